The summed E-state index contributed by atoms with van der Waals surface area (Å²) in [5.41, 5.74) is 0. The van der Waals surface area contributed by atoms with Crippen molar-refractivity contribution in [2.75, 3.05) is 33.2 Å². The Labute approximate surface area is 170 Å². The minimum absolute atomic E-state index is 0.0647. The zero-order chi connectivity index (χ0) is 20.7. The maximum Gasteiger partial charge on any atom is 0.243 e. The van der Waals surface area contributed by atoms with Crippen LogP contribution in [0.3, 0.4) is 0 Å². The summed E-state index contributed by atoms with van der Waals surface area (Å²) in [5.74, 6) is -1.17. The minimum atomic E-state index is -3.71. The van der Waals surface area contributed by atoms with Gasteiger partial charge in [-0.25, -0.2) is 8.42 Å². The number of likely N-dealkylation sites (N-methyl/N-ethyl adjacent to an activating group) is 1. The molecule has 0 spiro atoms. The lowest BCUT2D eigenvalue weighted by Crippen LogP contribution is -2.47. The number of hydrogen-bond donors (Lipinski definition) is 1. The SMILES string of the molecule is CN(CCC#N)C(=O)CNC(=O)[C@H]1CCCN(S(=O)(=O)c2ccc(Cl)cc2)C1. The molecule has 2 amide bonds. The van der Waals surface area contributed by atoms with Crippen molar-refractivity contribution in [3.05, 3.63) is 29.3 Å². The number of amides is 2. The first-order valence-electron chi connectivity index (χ1n) is 8.90. The Bertz CT molecular complexity index is 851. The zero-order valence-corrected chi connectivity index (χ0v) is 17.2. The van der Waals surface area contributed by atoms with Gasteiger partial charge >= 0.3 is 0 Å². The lowest BCUT2D eigenvalue weighted by Gasteiger charge is -2.31. The van der Waals surface area contributed by atoms with Crippen LogP contribution in [0.5, 0.6) is 0 Å². The monoisotopic (exact) mass is 426 g/mol. The smallest absolute Gasteiger partial charge is 0.243 e. The second kappa shape index (κ2) is 9.87. The van der Waals surface area contributed by atoms with E-state index in [9.17, 15) is 18.0 Å². The number of nitrogens with one attached hydrogen (secondary N) is 1. The van der Waals surface area contributed by atoms with E-state index < -0.39 is 15.9 Å². The number of nitrogens with zero attached hydrogens (tertiary/aromatic N) is 3. The van der Waals surface area contributed by atoms with Crippen molar-refractivity contribution in [3.8, 4) is 6.07 Å². The predicted molar refractivity (Wildman–Crippen MR) is 104 cm³/mol. The van der Waals surface area contributed by atoms with Crippen LogP contribution in [0, 0.1) is 17.2 Å². The normalized spacial score (nSPS) is 17.5. The van der Waals surface area contributed by atoms with Crippen LogP contribution in [0.1, 0.15) is 19.3 Å². The largest absolute Gasteiger partial charge is 0.347 e. The van der Waals surface area contributed by atoms with Gasteiger partial charge in [-0.2, -0.15) is 9.57 Å². The molecule has 0 bridgehead atoms. The Morgan fingerprint density at radius 3 is 2.68 bits per heavy atom. The third-order valence-corrected chi connectivity index (χ3v) is 6.74. The summed E-state index contributed by atoms with van der Waals surface area (Å²) in [6, 6.07) is 7.86. The van der Waals surface area contributed by atoms with Gasteiger partial charge in [-0.1, -0.05) is 11.6 Å². The van der Waals surface area contributed by atoms with E-state index in [0.717, 1.165) is 0 Å². The Balaban J connectivity index is 1.95. The molecule has 1 aliphatic heterocycles. The molecule has 0 saturated carbocycles. The van der Waals surface area contributed by atoms with Crippen LogP contribution in [0.4, 0.5) is 0 Å². The van der Waals surface area contributed by atoms with Crippen LogP contribution in [0.2, 0.25) is 5.02 Å². The second-order valence-corrected chi connectivity index (χ2v) is 8.97. The molecule has 1 heterocycles. The fraction of sp³-hybridized carbons (Fsp3) is 0.500. The first-order chi connectivity index (χ1) is 13.3. The Kier molecular flexibility index (Phi) is 7.80. The summed E-state index contributed by atoms with van der Waals surface area (Å²) < 4.78 is 26.9. The molecule has 1 aromatic rings. The van der Waals surface area contributed by atoms with Crippen LogP contribution < -0.4 is 5.32 Å². The first-order valence-corrected chi connectivity index (χ1v) is 10.7. The van der Waals surface area contributed by atoms with Crippen LogP contribution >= 0.6 is 11.6 Å². The number of nitriles is 1. The van der Waals surface area contributed by atoms with Gasteiger partial charge in [0.25, 0.3) is 0 Å². The van der Waals surface area contributed by atoms with Crippen LogP contribution in [0.25, 0.3) is 0 Å². The molecular formula is C18H23ClN4O4S. The van der Waals surface area contributed by atoms with Crippen molar-refractivity contribution in [3.63, 3.8) is 0 Å². The van der Waals surface area contributed by atoms with E-state index >= 15 is 0 Å². The van der Waals surface area contributed by atoms with Gasteiger partial charge in [0.1, 0.15) is 0 Å². The Hall–Kier alpha value is -2.15. The van der Waals surface area contributed by atoms with Crippen LogP contribution in [-0.4, -0.2) is 62.7 Å². The summed E-state index contributed by atoms with van der Waals surface area (Å²) >= 11 is 5.81. The molecule has 1 N–H and O–H groups in total. The molecule has 1 atom stereocenters. The standard InChI is InChI=1S/C18H23ClN4O4S/c1-22(10-3-9-20)17(24)12-21-18(25)14-4-2-11-23(13-14)28(26,27)16-7-5-15(19)6-8-16/h5-8,14H,2-4,10-13H2,1H3,(H,21,25)/t14-/m0/s1. The van der Waals surface area contributed by atoms with Gasteiger partial charge in [-0.05, 0) is 37.1 Å². The van der Waals surface area contributed by atoms with Crippen molar-refractivity contribution >= 4 is 33.4 Å². The molecule has 10 heteroatoms. The molecule has 1 fully saturated rings. The zero-order valence-electron chi connectivity index (χ0n) is 15.6. The van der Waals surface area contributed by atoms with Crippen molar-refractivity contribution in [2.24, 2.45) is 5.92 Å². The number of carbonyl (C=O) groups excluding carboxylic acids is 2. The highest BCUT2D eigenvalue weighted by Crippen LogP contribution is 2.24. The van der Waals surface area contributed by atoms with E-state index in [2.05, 4.69) is 5.32 Å². The highest BCUT2D eigenvalue weighted by molar-refractivity contribution is 7.89. The van der Waals surface area contributed by atoms with Gasteiger partial charge in [-0.3, -0.25) is 9.59 Å². The molecule has 2 rings (SSSR count). The summed E-state index contributed by atoms with van der Waals surface area (Å²) in [6.45, 7) is 0.517. The molecule has 0 unspecified atom stereocenters. The number of hydrogen-bond acceptors (Lipinski definition) is 5. The molecule has 0 aliphatic carbocycles. The molecule has 1 aromatic carbocycles. The van der Waals surface area contributed by atoms with Crippen molar-refractivity contribution in [2.45, 2.75) is 24.2 Å². The number of rotatable bonds is 7. The van der Waals surface area contributed by atoms with Crippen LogP contribution in [0.15, 0.2) is 29.2 Å². The molecular weight excluding hydrogens is 404 g/mol. The third-order valence-electron chi connectivity index (χ3n) is 4.60. The average molecular weight is 427 g/mol. The van der Waals surface area contributed by atoms with Gasteiger partial charge in [-0.15, -0.1) is 0 Å². The quantitative estimate of drug-likeness (QED) is 0.704. The summed E-state index contributed by atoms with van der Waals surface area (Å²) in [5, 5.41) is 11.6. The van der Waals surface area contributed by atoms with Crippen molar-refractivity contribution < 1.29 is 18.0 Å². The molecule has 0 radical (unpaired) electrons. The third kappa shape index (κ3) is 5.67. The Morgan fingerprint density at radius 1 is 1.36 bits per heavy atom. The number of carbonyl (C=O) groups is 2. The summed E-state index contributed by atoms with van der Waals surface area (Å²) in [6.07, 6.45) is 1.33. The predicted octanol–water partition coefficient (Wildman–Crippen LogP) is 1.23. The number of halogens is 1. The first kappa shape index (κ1) is 22.1. The fourth-order valence-electron chi connectivity index (χ4n) is 2.91. The molecule has 1 aliphatic rings. The van der Waals surface area contributed by atoms with E-state index in [1.165, 1.54) is 33.5 Å². The maximum absolute atomic E-state index is 12.8. The molecule has 1 saturated heterocycles. The lowest BCUT2D eigenvalue weighted by atomic mass is 9.99. The number of benzene rings is 1. The molecule has 152 valence electrons. The summed E-state index contributed by atoms with van der Waals surface area (Å²) in [4.78, 5) is 25.9. The highest BCUT2D eigenvalue weighted by Gasteiger charge is 2.33. The van der Waals surface area contributed by atoms with Gasteiger partial charge in [0.05, 0.1) is 29.8 Å². The maximum atomic E-state index is 12.8. The molecule has 28 heavy (non-hydrogen) atoms. The van der Waals surface area contributed by atoms with E-state index in [-0.39, 0.29) is 36.2 Å². The topological polar surface area (TPSA) is 111 Å². The van der Waals surface area contributed by atoms with E-state index in [0.29, 0.717) is 31.0 Å². The molecule has 0 aromatic heterocycles. The van der Waals surface area contributed by atoms with E-state index in [1.807, 2.05) is 6.07 Å². The van der Waals surface area contributed by atoms with E-state index in [1.54, 1.807) is 7.05 Å². The number of sulfonamides is 1. The van der Waals surface area contributed by atoms with Gasteiger partial charge < -0.3 is 10.2 Å². The van der Waals surface area contributed by atoms with Crippen LogP contribution in [-0.2, 0) is 19.6 Å². The van der Waals surface area contributed by atoms with Crippen molar-refractivity contribution in [1.29, 1.82) is 5.26 Å². The highest BCUT2D eigenvalue weighted by atomic mass is 35.5. The molecule has 8 nitrogen and oxygen atoms in total. The van der Waals surface area contributed by atoms with Gasteiger partial charge in [0, 0.05) is 31.7 Å². The second-order valence-electron chi connectivity index (χ2n) is 6.60. The minimum Gasteiger partial charge on any atom is -0.347 e. The lowest BCUT2D eigenvalue weighted by molar-refractivity contribution is -0.133. The van der Waals surface area contributed by atoms with Gasteiger partial charge in [0.15, 0.2) is 0 Å². The fourth-order valence-corrected chi connectivity index (χ4v) is 4.56. The van der Waals surface area contributed by atoms with Gasteiger partial charge in [0.2, 0.25) is 21.8 Å². The Morgan fingerprint density at radius 2 is 2.04 bits per heavy atom. The average Bonchev–Trinajstić information content (AvgIpc) is 2.70. The van der Waals surface area contributed by atoms with E-state index in [4.69, 9.17) is 16.9 Å². The van der Waals surface area contributed by atoms with Crippen molar-refractivity contribution in [1.82, 2.24) is 14.5 Å². The summed E-state index contributed by atoms with van der Waals surface area (Å²) in [7, 11) is -2.15. The number of piperidine rings is 1.